The van der Waals surface area contributed by atoms with E-state index in [4.69, 9.17) is 11.6 Å². The van der Waals surface area contributed by atoms with Gasteiger partial charge in [0.2, 0.25) is 0 Å². The van der Waals surface area contributed by atoms with Gasteiger partial charge in [0.05, 0.1) is 5.39 Å². The number of hydrogen-bond donors (Lipinski definition) is 2. The molecular formula is C24H21ClN4OS. The monoisotopic (exact) mass is 448 g/mol. The van der Waals surface area contributed by atoms with E-state index >= 15 is 0 Å². The Labute approximate surface area is 189 Å². The predicted octanol–water partition coefficient (Wildman–Crippen LogP) is 6.47. The molecule has 1 unspecified atom stereocenters. The number of fused-ring (bicyclic) bond motifs is 3. The lowest BCUT2D eigenvalue weighted by atomic mass is 9.88. The molecule has 1 aliphatic rings. The third kappa shape index (κ3) is 4.13. The van der Waals surface area contributed by atoms with E-state index in [-0.39, 0.29) is 5.91 Å². The highest BCUT2D eigenvalue weighted by Crippen LogP contribution is 2.40. The average Bonchev–Trinajstić information content (AvgIpc) is 3.14. The van der Waals surface area contributed by atoms with E-state index in [1.807, 2.05) is 24.3 Å². The molecule has 5 rings (SSSR count). The molecule has 2 heterocycles. The lowest BCUT2D eigenvalue weighted by Crippen LogP contribution is -2.11. The van der Waals surface area contributed by atoms with Gasteiger partial charge in [-0.2, -0.15) is 0 Å². The molecule has 1 aliphatic carbocycles. The van der Waals surface area contributed by atoms with E-state index < -0.39 is 0 Å². The summed E-state index contributed by atoms with van der Waals surface area (Å²) in [6, 6.07) is 14.4. The number of amides is 1. The zero-order valence-electron chi connectivity index (χ0n) is 17.0. The topological polar surface area (TPSA) is 66.9 Å². The van der Waals surface area contributed by atoms with Crippen molar-refractivity contribution in [2.45, 2.75) is 26.2 Å². The van der Waals surface area contributed by atoms with Crippen LogP contribution >= 0.6 is 22.9 Å². The van der Waals surface area contributed by atoms with Gasteiger partial charge in [0.25, 0.3) is 5.91 Å². The molecule has 0 bridgehead atoms. The van der Waals surface area contributed by atoms with Crippen molar-refractivity contribution in [2.24, 2.45) is 5.92 Å². The highest BCUT2D eigenvalue weighted by molar-refractivity contribution is 7.19. The summed E-state index contributed by atoms with van der Waals surface area (Å²) < 4.78 is 0. The van der Waals surface area contributed by atoms with Crippen LogP contribution < -0.4 is 10.6 Å². The fourth-order valence-corrected chi connectivity index (χ4v) is 5.26. The smallest absolute Gasteiger partial charge is 0.255 e. The molecule has 1 amide bonds. The summed E-state index contributed by atoms with van der Waals surface area (Å²) in [4.78, 5) is 23.9. The van der Waals surface area contributed by atoms with Gasteiger partial charge >= 0.3 is 0 Å². The minimum atomic E-state index is -0.172. The van der Waals surface area contributed by atoms with Crippen LogP contribution in [0.15, 0.2) is 54.9 Å². The van der Waals surface area contributed by atoms with Gasteiger partial charge in [-0.3, -0.25) is 4.79 Å². The summed E-state index contributed by atoms with van der Waals surface area (Å²) in [5, 5.41) is 8.10. The van der Waals surface area contributed by atoms with Crippen molar-refractivity contribution in [2.75, 3.05) is 10.6 Å². The molecule has 31 heavy (non-hydrogen) atoms. The first-order valence-electron chi connectivity index (χ1n) is 10.3. The van der Waals surface area contributed by atoms with E-state index in [0.717, 1.165) is 40.3 Å². The van der Waals surface area contributed by atoms with Crippen molar-refractivity contribution in [1.29, 1.82) is 0 Å². The molecule has 156 valence electrons. The lowest BCUT2D eigenvalue weighted by molar-refractivity contribution is 0.102. The quantitative estimate of drug-likeness (QED) is 0.375. The molecule has 0 saturated carbocycles. The highest BCUT2D eigenvalue weighted by atomic mass is 35.5. The average molecular weight is 449 g/mol. The molecule has 0 aliphatic heterocycles. The van der Waals surface area contributed by atoms with E-state index in [2.05, 4.69) is 27.5 Å². The highest BCUT2D eigenvalue weighted by Gasteiger charge is 2.23. The molecular weight excluding hydrogens is 428 g/mol. The number of aryl methyl sites for hydroxylation is 1. The van der Waals surface area contributed by atoms with Gasteiger partial charge in [-0.15, -0.1) is 11.3 Å². The Morgan fingerprint density at radius 1 is 1.06 bits per heavy atom. The van der Waals surface area contributed by atoms with Gasteiger partial charge in [-0.05, 0) is 79.3 Å². The minimum absolute atomic E-state index is 0.172. The number of anilines is 3. The Bertz CT molecular complexity index is 1250. The van der Waals surface area contributed by atoms with Gasteiger partial charge in [0, 0.05) is 26.8 Å². The molecule has 5 nitrogen and oxygen atoms in total. The second-order valence-electron chi connectivity index (χ2n) is 7.92. The van der Waals surface area contributed by atoms with Gasteiger partial charge in [0.1, 0.15) is 17.0 Å². The number of aromatic nitrogens is 2. The molecule has 2 aromatic carbocycles. The molecule has 2 N–H and O–H groups in total. The van der Waals surface area contributed by atoms with Crippen LogP contribution in [0, 0.1) is 5.92 Å². The standard InChI is InChI=1S/C24H21ClN4OS/c1-14-2-11-20-19(12-14)21-22(26-13-27-24(21)31-20)28-17-7-9-18(10-8-17)29-23(30)15-3-5-16(25)6-4-15/h3-10,13-14H,2,11-12H2,1H3,(H,29,30)(H,26,27,28). The van der Waals surface area contributed by atoms with Gasteiger partial charge in [-0.1, -0.05) is 18.5 Å². The van der Waals surface area contributed by atoms with Crippen molar-refractivity contribution >= 4 is 56.3 Å². The predicted molar refractivity (Wildman–Crippen MR) is 128 cm³/mol. The maximum Gasteiger partial charge on any atom is 0.255 e. The Morgan fingerprint density at radius 2 is 1.81 bits per heavy atom. The van der Waals surface area contributed by atoms with E-state index in [1.165, 1.54) is 16.9 Å². The SMILES string of the molecule is CC1CCc2sc3ncnc(Nc4ccc(NC(=O)c5ccc(Cl)cc5)cc4)c3c2C1. The van der Waals surface area contributed by atoms with E-state index in [1.54, 1.807) is 41.9 Å². The van der Waals surface area contributed by atoms with Crippen molar-refractivity contribution in [3.05, 3.63) is 75.9 Å². The first-order valence-corrected chi connectivity index (χ1v) is 11.5. The summed E-state index contributed by atoms with van der Waals surface area (Å²) in [5.41, 5.74) is 3.59. The van der Waals surface area contributed by atoms with Crippen LogP contribution in [0.2, 0.25) is 5.02 Å². The molecule has 7 heteroatoms. The third-order valence-corrected chi connectivity index (χ3v) is 7.05. The molecule has 1 atom stereocenters. The zero-order valence-corrected chi connectivity index (χ0v) is 18.6. The summed E-state index contributed by atoms with van der Waals surface area (Å²) in [6.45, 7) is 2.31. The molecule has 4 aromatic rings. The van der Waals surface area contributed by atoms with Crippen LogP contribution in [0.4, 0.5) is 17.2 Å². The summed E-state index contributed by atoms with van der Waals surface area (Å²) >= 11 is 7.68. The maximum atomic E-state index is 12.4. The number of halogens is 1. The number of nitrogens with zero attached hydrogens (tertiary/aromatic N) is 2. The first kappa shape index (κ1) is 20.0. The number of thiophene rings is 1. The fourth-order valence-electron chi connectivity index (χ4n) is 3.96. The van der Waals surface area contributed by atoms with Crippen molar-refractivity contribution in [3.63, 3.8) is 0 Å². The number of nitrogens with one attached hydrogen (secondary N) is 2. The number of carbonyl (C=O) groups is 1. The Balaban J connectivity index is 1.35. The van der Waals surface area contributed by atoms with E-state index in [9.17, 15) is 4.79 Å². The minimum Gasteiger partial charge on any atom is -0.340 e. The molecule has 0 fully saturated rings. The molecule has 0 spiro atoms. The van der Waals surface area contributed by atoms with Crippen molar-refractivity contribution in [3.8, 4) is 0 Å². The van der Waals surface area contributed by atoms with Gasteiger partial charge in [0.15, 0.2) is 0 Å². The van der Waals surface area contributed by atoms with Crippen molar-refractivity contribution < 1.29 is 4.79 Å². The first-order chi connectivity index (χ1) is 15.1. The van der Waals surface area contributed by atoms with Crippen molar-refractivity contribution in [1.82, 2.24) is 9.97 Å². The third-order valence-electron chi connectivity index (χ3n) is 5.60. The Morgan fingerprint density at radius 3 is 2.58 bits per heavy atom. The van der Waals surface area contributed by atoms with Gasteiger partial charge < -0.3 is 10.6 Å². The summed E-state index contributed by atoms with van der Waals surface area (Å²) in [5.74, 6) is 1.35. The molecule has 0 saturated heterocycles. The maximum absolute atomic E-state index is 12.4. The van der Waals surface area contributed by atoms with Crippen LogP contribution in [0.25, 0.3) is 10.2 Å². The lowest BCUT2D eigenvalue weighted by Gasteiger charge is -2.18. The van der Waals surface area contributed by atoms with Gasteiger partial charge in [-0.25, -0.2) is 9.97 Å². The van der Waals surface area contributed by atoms with Crippen LogP contribution in [0.3, 0.4) is 0 Å². The number of carbonyl (C=O) groups excluding carboxylic acids is 1. The van der Waals surface area contributed by atoms with Crippen LogP contribution in [-0.4, -0.2) is 15.9 Å². The second kappa shape index (κ2) is 8.29. The van der Waals surface area contributed by atoms with Crippen LogP contribution in [-0.2, 0) is 12.8 Å². The summed E-state index contributed by atoms with van der Waals surface area (Å²) in [6.07, 6.45) is 5.06. The zero-order chi connectivity index (χ0) is 21.4. The second-order valence-corrected chi connectivity index (χ2v) is 9.44. The number of rotatable bonds is 4. The van der Waals surface area contributed by atoms with Crippen LogP contribution in [0.1, 0.15) is 34.1 Å². The number of hydrogen-bond acceptors (Lipinski definition) is 5. The summed E-state index contributed by atoms with van der Waals surface area (Å²) in [7, 11) is 0. The largest absolute Gasteiger partial charge is 0.340 e. The molecule has 0 radical (unpaired) electrons. The fraction of sp³-hybridized carbons (Fsp3) is 0.208. The Kier molecular flexibility index (Phi) is 5.34. The van der Waals surface area contributed by atoms with E-state index in [0.29, 0.717) is 16.5 Å². The number of benzene rings is 2. The van der Waals surface area contributed by atoms with Crippen LogP contribution in [0.5, 0.6) is 0 Å². The normalized spacial score (nSPS) is 15.5. The Hall–Kier alpha value is -2.96. The molecule has 2 aromatic heterocycles.